The van der Waals surface area contributed by atoms with E-state index < -0.39 is 10.8 Å². The zero-order valence-electron chi connectivity index (χ0n) is 17.9. The van der Waals surface area contributed by atoms with Crippen molar-refractivity contribution in [3.63, 3.8) is 0 Å². The van der Waals surface area contributed by atoms with Gasteiger partial charge in [0.05, 0.1) is 5.56 Å². The van der Waals surface area contributed by atoms with Crippen molar-refractivity contribution in [3.8, 4) is 5.75 Å². The van der Waals surface area contributed by atoms with E-state index in [0.29, 0.717) is 27.2 Å². The van der Waals surface area contributed by atoms with Crippen LogP contribution in [0.1, 0.15) is 20.9 Å². The largest absolute Gasteiger partial charge is 0.483 e. The van der Waals surface area contributed by atoms with E-state index in [9.17, 15) is 13.8 Å². The monoisotopic (exact) mass is 503 g/mol. The third-order valence-electron chi connectivity index (χ3n) is 5.20. The number of rotatable bonds is 7. The Hall–Kier alpha value is -2.75. The summed E-state index contributed by atoms with van der Waals surface area (Å²) in [5.74, 6) is 0.959. The van der Waals surface area contributed by atoms with Crippen LogP contribution in [-0.2, 0) is 15.6 Å². The number of ether oxygens (including phenoxy) is 1. The van der Waals surface area contributed by atoms with Crippen LogP contribution in [0, 0.1) is 6.92 Å². The number of thiazole rings is 1. The summed E-state index contributed by atoms with van der Waals surface area (Å²) in [7, 11) is -0.729. The predicted octanol–water partition coefficient (Wildman–Crippen LogP) is 3.92. The van der Waals surface area contributed by atoms with E-state index in [4.69, 9.17) is 16.3 Å². The molecule has 1 amide bonds. The summed E-state index contributed by atoms with van der Waals surface area (Å²) < 4.78 is 17.2. The van der Waals surface area contributed by atoms with Crippen molar-refractivity contribution in [1.82, 2.24) is 4.98 Å². The van der Waals surface area contributed by atoms with E-state index in [-0.39, 0.29) is 29.6 Å². The molecule has 1 aromatic heterocycles. The molecule has 0 saturated carbocycles. The van der Waals surface area contributed by atoms with Crippen molar-refractivity contribution in [1.29, 1.82) is 0 Å². The summed E-state index contributed by atoms with van der Waals surface area (Å²) >= 11 is 7.29. The molecule has 1 aliphatic heterocycles. The van der Waals surface area contributed by atoms with Crippen molar-refractivity contribution in [2.75, 3.05) is 41.4 Å². The first kappa shape index (κ1) is 23.4. The molecule has 1 aliphatic rings. The second kappa shape index (κ2) is 10.5. The average molecular weight is 504 g/mol. The number of hydrogen-bond donors (Lipinski definition) is 1. The van der Waals surface area contributed by atoms with Gasteiger partial charge in [0.2, 0.25) is 5.78 Å². The molecule has 0 unspecified atom stereocenters. The van der Waals surface area contributed by atoms with E-state index in [1.807, 2.05) is 25.1 Å². The fourth-order valence-electron chi connectivity index (χ4n) is 3.47. The number of nitrogens with one attached hydrogen (secondary N) is 1. The first-order chi connectivity index (χ1) is 15.9. The molecule has 2 heterocycles. The van der Waals surface area contributed by atoms with Gasteiger partial charge in [-0.25, -0.2) is 4.98 Å². The standard InChI is InChI=1S/C23H22ClN3O4S2/c1-15-12-17(27-7-10-33(30)11-8-27)3-4-19(15)26-21(28)14-31-20-5-2-16(24)13-18(20)22(29)23-25-6-9-32-23/h2-6,9,12-13H,7-8,10-11,14H2,1H3,(H,26,28). The van der Waals surface area contributed by atoms with Crippen molar-refractivity contribution in [2.24, 2.45) is 0 Å². The molecular formula is C23H22ClN3O4S2. The Morgan fingerprint density at radius 3 is 2.70 bits per heavy atom. The summed E-state index contributed by atoms with van der Waals surface area (Å²) in [5, 5.41) is 5.28. The molecule has 0 aliphatic carbocycles. The number of benzene rings is 2. The zero-order chi connectivity index (χ0) is 23.4. The van der Waals surface area contributed by atoms with E-state index in [1.165, 1.54) is 17.4 Å². The Kier molecular flexibility index (Phi) is 7.42. The van der Waals surface area contributed by atoms with E-state index >= 15 is 0 Å². The SMILES string of the molecule is Cc1cc(N2CCS(=O)CC2)ccc1NC(=O)COc1ccc(Cl)cc1C(=O)c1nccs1. The maximum atomic E-state index is 12.7. The lowest BCUT2D eigenvalue weighted by molar-refractivity contribution is -0.118. The molecule has 1 fully saturated rings. The van der Waals surface area contributed by atoms with Gasteiger partial charge in [0.1, 0.15) is 5.75 Å². The first-order valence-corrected chi connectivity index (χ1v) is 13.0. The summed E-state index contributed by atoms with van der Waals surface area (Å²) in [6.45, 7) is 3.18. The molecule has 33 heavy (non-hydrogen) atoms. The molecule has 7 nitrogen and oxygen atoms in total. The Morgan fingerprint density at radius 1 is 1.21 bits per heavy atom. The number of anilines is 2. The maximum Gasteiger partial charge on any atom is 0.262 e. The van der Waals surface area contributed by atoms with E-state index in [2.05, 4.69) is 15.2 Å². The van der Waals surface area contributed by atoms with Crippen LogP contribution >= 0.6 is 22.9 Å². The summed E-state index contributed by atoms with van der Waals surface area (Å²) in [6.07, 6.45) is 1.55. The lowest BCUT2D eigenvalue weighted by Crippen LogP contribution is -2.37. The number of hydrogen-bond acceptors (Lipinski definition) is 7. The van der Waals surface area contributed by atoms with Crippen LogP contribution in [0.25, 0.3) is 0 Å². The predicted molar refractivity (Wildman–Crippen MR) is 132 cm³/mol. The fourth-order valence-corrected chi connectivity index (χ4v) is 5.28. The van der Waals surface area contributed by atoms with E-state index in [1.54, 1.807) is 23.7 Å². The average Bonchev–Trinajstić information content (AvgIpc) is 3.34. The van der Waals surface area contributed by atoms with Gasteiger partial charge >= 0.3 is 0 Å². The molecule has 0 bridgehead atoms. The van der Waals surface area contributed by atoms with Crippen molar-refractivity contribution >= 4 is 56.8 Å². The first-order valence-electron chi connectivity index (χ1n) is 10.3. The van der Waals surface area contributed by atoms with Gasteiger partial charge in [0.15, 0.2) is 11.6 Å². The third-order valence-corrected chi connectivity index (χ3v) is 7.48. The second-order valence-corrected chi connectivity index (χ2v) is 10.5. The highest BCUT2D eigenvalue weighted by Gasteiger charge is 2.19. The van der Waals surface area contributed by atoms with Crippen LogP contribution in [0.3, 0.4) is 0 Å². The molecule has 0 spiro atoms. The maximum absolute atomic E-state index is 12.7. The highest BCUT2D eigenvalue weighted by atomic mass is 35.5. The minimum atomic E-state index is -0.729. The lowest BCUT2D eigenvalue weighted by atomic mass is 10.1. The Bertz CT molecular complexity index is 1190. The Balaban J connectivity index is 1.40. The third kappa shape index (κ3) is 5.79. The molecule has 0 radical (unpaired) electrons. The van der Waals surface area contributed by atoms with Crippen LogP contribution in [-0.4, -0.2) is 52.1 Å². The van der Waals surface area contributed by atoms with Gasteiger partial charge in [-0.05, 0) is 48.9 Å². The van der Waals surface area contributed by atoms with Gasteiger partial charge < -0.3 is 15.0 Å². The van der Waals surface area contributed by atoms with Crippen molar-refractivity contribution < 1.29 is 18.5 Å². The van der Waals surface area contributed by atoms with Gasteiger partial charge in [-0.15, -0.1) is 11.3 Å². The number of carbonyl (C=O) groups is 2. The van der Waals surface area contributed by atoms with Gasteiger partial charge in [-0.2, -0.15) is 0 Å². The number of aryl methyl sites for hydroxylation is 1. The van der Waals surface area contributed by atoms with Crippen LogP contribution in [0.4, 0.5) is 11.4 Å². The lowest BCUT2D eigenvalue weighted by Gasteiger charge is -2.29. The number of halogens is 1. The number of nitrogens with zero attached hydrogens (tertiary/aromatic N) is 2. The minimum Gasteiger partial charge on any atom is -0.483 e. The van der Waals surface area contributed by atoms with Crippen LogP contribution < -0.4 is 15.0 Å². The summed E-state index contributed by atoms with van der Waals surface area (Å²) in [4.78, 5) is 31.5. The van der Waals surface area contributed by atoms with Gasteiger partial charge in [0.25, 0.3) is 5.91 Å². The number of ketones is 1. The van der Waals surface area contributed by atoms with Crippen LogP contribution in [0.5, 0.6) is 5.75 Å². The number of aromatic nitrogens is 1. The van der Waals surface area contributed by atoms with Crippen LogP contribution in [0.15, 0.2) is 48.0 Å². The molecule has 10 heteroatoms. The quantitative estimate of drug-likeness (QED) is 0.491. The topological polar surface area (TPSA) is 88.6 Å². The fraction of sp³-hybridized carbons (Fsp3) is 0.261. The normalized spacial score (nSPS) is 14.2. The molecule has 4 rings (SSSR count). The highest BCUT2D eigenvalue weighted by Crippen LogP contribution is 2.27. The molecular weight excluding hydrogens is 482 g/mol. The van der Waals surface area contributed by atoms with Gasteiger partial charge in [0, 0.05) is 63.4 Å². The van der Waals surface area contributed by atoms with E-state index in [0.717, 1.165) is 24.3 Å². The highest BCUT2D eigenvalue weighted by molar-refractivity contribution is 7.85. The molecule has 1 N–H and O–H groups in total. The minimum absolute atomic E-state index is 0.258. The van der Waals surface area contributed by atoms with Crippen LogP contribution in [0.2, 0.25) is 5.02 Å². The van der Waals surface area contributed by atoms with Crippen molar-refractivity contribution in [2.45, 2.75) is 6.92 Å². The van der Waals surface area contributed by atoms with Crippen molar-refractivity contribution in [3.05, 3.63) is 69.1 Å². The molecule has 1 saturated heterocycles. The molecule has 3 aromatic rings. The number of amides is 1. The van der Waals surface area contributed by atoms with Gasteiger partial charge in [-0.3, -0.25) is 13.8 Å². The smallest absolute Gasteiger partial charge is 0.262 e. The number of carbonyl (C=O) groups excluding carboxylic acids is 2. The summed E-state index contributed by atoms with van der Waals surface area (Å²) in [5.41, 5.74) is 2.90. The molecule has 2 aromatic carbocycles. The van der Waals surface area contributed by atoms with Gasteiger partial charge in [-0.1, -0.05) is 11.6 Å². The second-order valence-electron chi connectivity index (χ2n) is 7.48. The Labute approximate surface area is 203 Å². The summed E-state index contributed by atoms with van der Waals surface area (Å²) in [6, 6.07) is 10.5. The zero-order valence-corrected chi connectivity index (χ0v) is 20.3. The molecule has 172 valence electrons. The Morgan fingerprint density at radius 2 is 2.00 bits per heavy atom. The molecule has 0 atom stereocenters.